The van der Waals surface area contributed by atoms with Crippen molar-refractivity contribution in [1.29, 1.82) is 0 Å². The maximum absolute atomic E-state index is 13.1. The Kier molecular flexibility index (Phi) is 4.78. The monoisotopic (exact) mass is 377 g/mol. The third-order valence-corrected chi connectivity index (χ3v) is 4.71. The van der Waals surface area contributed by atoms with Crippen molar-refractivity contribution in [3.63, 3.8) is 0 Å². The molecule has 1 aromatic carbocycles. The molecule has 0 bridgehead atoms. The summed E-state index contributed by atoms with van der Waals surface area (Å²) in [6.07, 6.45) is 2.19. The predicted molar refractivity (Wildman–Crippen MR) is 76.5 cm³/mol. The Morgan fingerprint density at radius 3 is 2.94 bits per heavy atom. The van der Waals surface area contributed by atoms with E-state index in [9.17, 15) is 9.18 Å². The van der Waals surface area contributed by atoms with Crippen molar-refractivity contribution in [2.75, 3.05) is 18.4 Å². The standard InChI is InChI=1S/C13H14Br2FNO/c14-7-9-2-1-5-17(8-9)13(18)10-3-4-12(16)11(15)6-10/h3-4,6,9H,1-2,5,7-8H2. The maximum Gasteiger partial charge on any atom is 0.253 e. The Morgan fingerprint density at radius 1 is 1.50 bits per heavy atom. The number of hydrogen-bond donors (Lipinski definition) is 0. The van der Waals surface area contributed by atoms with Gasteiger partial charge < -0.3 is 4.90 Å². The second-order valence-corrected chi connectivity index (χ2v) is 6.04. The first-order valence-electron chi connectivity index (χ1n) is 5.92. The largest absolute Gasteiger partial charge is 0.338 e. The van der Waals surface area contributed by atoms with Crippen molar-refractivity contribution in [1.82, 2.24) is 4.90 Å². The number of carbonyl (C=O) groups is 1. The third kappa shape index (κ3) is 3.12. The molecule has 0 spiro atoms. The molecule has 0 aliphatic carbocycles. The minimum atomic E-state index is -0.344. The number of benzene rings is 1. The van der Waals surface area contributed by atoms with Crippen LogP contribution in [-0.4, -0.2) is 29.2 Å². The minimum absolute atomic E-state index is 0.0126. The van der Waals surface area contributed by atoms with Gasteiger partial charge in [-0.05, 0) is 52.9 Å². The molecule has 0 aromatic heterocycles. The molecule has 0 radical (unpaired) electrons. The van der Waals surface area contributed by atoms with Gasteiger partial charge in [-0.1, -0.05) is 15.9 Å². The highest BCUT2D eigenvalue weighted by Crippen LogP contribution is 2.22. The summed E-state index contributed by atoms with van der Waals surface area (Å²) in [5.41, 5.74) is 0.540. The molecule has 2 nitrogen and oxygen atoms in total. The molecule has 1 saturated heterocycles. The Labute approximate surface area is 123 Å². The van der Waals surface area contributed by atoms with Gasteiger partial charge >= 0.3 is 0 Å². The van der Waals surface area contributed by atoms with E-state index in [2.05, 4.69) is 31.9 Å². The van der Waals surface area contributed by atoms with Gasteiger partial charge in [0.15, 0.2) is 0 Å². The molecule has 18 heavy (non-hydrogen) atoms. The van der Waals surface area contributed by atoms with E-state index in [0.29, 0.717) is 16.0 Å². The van der Waals surface area contributed by atoms with E-state index in [0.717, 1.165) is 31.3 Å². The quantitative estimate of drug-likeness (QED) is 0.716. The second kappa shape index (κ2) is 6.15. The number of likely N-dealkylation sites (tertiary alicyclic amines) is 1. The van der Waals surface area contributed by atoms with Gasteiger partial charge in [-0.25, -0.2) is 4.39 Å². The fourth-order valence-corrected chi connectivity index (χ4v) is 3.09. The van der Waals surface area contributed by atoms with Gasteiger partial charge in [0.1, 0.15) is 5.82 Å². The van der Waals surface area contributed by atoms with E-state index in [-0.39, 0.29) is 11.7 Å². The summed E-state index contributed by atoms with van der Waals surface area (Å²) in [5, 5.41) is 0.921. The van der Waals surface area contributed by atoms with Crippen LogP contribution in [0.2, 0.25) is 0 Å². The number of halogens is 3. The molecule has 0 N–H and O–H groups in total. The van der Waals surface area contributed by atoms with Crippen molar-refractivity contribution >= 4 is 37.8 Å². The number of alkyl halides is 1. The number of carbonyl (C=O) groups excluding carboxylic acids is 1. The molecular weight excluding hydrogens is 365 g/mol. The molecule has 2 rings (SSSR count). The highest BCUT2D eigenvalue weighted by molar-refractivity contribution is 9.10. The summed E-state index contributed by atoms with van der Waals surface area (Å²) in [4.78, 5) is 14.1. The molecule has 5 heteroatoms. The van der Waals surface area contributed by atoms with Gasteiger partial charge in [0, 0.05) is 24.0 Å². The van der Waals surface area contributed by atoms with Crippen molar-refractivity contribution in [2.24, 2.45) is 5.92 Å². The van der Waals surface area contributed by atoms with Crippen LogP contribution >= 0.6 is 31.9 Å². The number of hydrogen-bond acceptors (Lipinski definition) is 1. The SMILES string of the molecule is O=C(c1ccc(F)c(Br)c1)N1CCCC(CBr)C1. The van der Waals surface area contributed by atoms with Crippen LogP contribution in [0, 0.1) is 11.7 Å². The van der Waals surface area contributed by atoms with Gasteiger partial charge in [-0.2, -0.15) is 0 Å². The van der Waals surface area contributed by atoms with Crippen molar-refractivity contribution in [3.8, 4) is 0 Å². The summed E-state index contributed by atoms with van der Waals surface area (Å²) in [6.45, 7) is 1.57. The van der Waals surface area contributed by atoms with Crippen LogP contribution in [-0.2, 0) is 0 Å². The molecule has 1 unspecified atom stereocenters. The van der Waals surface area contributed by atoms with Gasteiger partial charge in [-0.3, -0.25) is 4.79 Å². The number of piperidine rings is 1. The van der Waals surface area contributed by atoms with Gasteiger partial charge in [0.2, 0.25) is 0 Å². The Balaban J connectivity index is 2.12. The lowest BCUT2D eigenvalue weighted by atomic mass is 9.99. The number of nitrogens with zero attached hydrogens (tertiary/aromatic N) is 1. The number of amides is 1. The summed E-state index contributed by atoms with van der Waals surface area (Å²) < 4.78 is 13.5. The molecule has 0 saturated carbocycles. The minimum Gasteiger partial charge on any atom is -0.338 e. The predicted octanol–water partition coefficient (Wildman–Crippen LogP) is 3.84. The van der Waals surface area contributed by atoms with Crippen molar-refractivity contribution in [2.45, 2.75) is 12.8 Å². The van der Waals surface area contributed by atoms with Crippen LogP contribution in [0.4, 0.5) is 4.39 Å². The van der Waals surface area contributed by atoms with E-state index in [1.165, 1.54) is 6.07 Å². The van der Waals surface area contributed by atoms with E-state index in [4.69, 9.17) is 0 Å². The first-order valence-corrected chi connectivity index (χ1v) is 7.83. The summed E-state index contributed by atoms with van der Waals surface area (Å²) >= 11 is 6.58. The van der Waals surface area contributed by atoms with Gasteiger partial charge in [-0.15, -0.1) is 0 Å². The lowest BCUT2D eigenvalue weighted by Crippen LogP contribution is -2.40. The first-order chi connectivity index (χ1) is 8.61. The Morgan fingerprint density at radius 2 is 2.28 bits per heavy atom. The average Bonchev–Trinajstić information content (AvgIpc) is 2.41. The van der Waals surface area contributed by atoms with Crippen LogP contribution < -0.4 is 0 Å². The van der Waals surface area contributed by atoms with Crippen LogP contribution in [0.5, 0.6) is 0 Å². The van der Waals surface area contributed by atoms with Crippen LogP contribution in [0.3, 0.4) is 0 Å². The van der Waals surface area contributed by atoms with Crippen molar-refractivity contribution in [3.05, 3.63) is 34.1 Å². The molecule has 1 aromatic rings. The normalized spacial score (nSPS) is 19.9. The highest BCUT2D eigenvalue weighted by atomic mass is 79.9. The zero-order valence-corrected chi connectivity index (χ0v) is 13.0. The lowest BCUT2D eigenvalue weighted by molar-refractivity contribution is 0.0686. The Hall–Kier alpha value is -0.420. The third-order valence-electron chi connectivity index (χ3n) is 3.19. The molecule has 1 atom stereocenters. The molecule has 1 aliphatic rings. The molecule has 1 fully saturated rings. The lowest BCUT2D eigenvalue weighted by Gasteiger charge is -2.32. The second-order valence-electron chi connectivity index (χ2n) is 4.54. The van der Waals surface area contributed by atoms with Gasteiger partial charge in [0.25, 0.3) is 5.91 Å². The van der Waals surface area contributed by atoms with Crippen LogP contribution in [0.25, 0.3) is 0 Å². The van der Waals surface area contributed by atoms with Gasteiger partial charge in [0.05, 0.1) is 4.47 Å². The molecule has 1 aliphatic heterocycles. The first kappa shape index (κ1) is 14.0. The van der Waals surface area contributed by atoms with E-state index >= 15 is 0 Å². The summed E-state index contributed by atoms with van der Waals surface area (Å²) in [6, 6.07) is 4.42. The Bertz CT molecular complexity index is 453. The average molecular weight is 379 g/mol. The topological polar surface area (TPSA) is 20.3 Å². The molecule has 1 amide bonds. The van der Waals surface area contributed by atoms with E-state index in [1.54, 1.807) is 12.1 Å². The van der Waals surface area contributed by atoms with Crippen molar-refractivity contribution < 1.29 is 9.18 Å². The van der Waals surface area contributed by atoms with E-state index in [1.807, 2.05) is 4.90 Å². The fourth-order valence-electron chi connectivity index (χ4n) is 2.19. The zero-order valence-electron chi connectivity index (χ0n) is 9.83. The van der Waals surface area contributed by atoms with Crippen LogP contribution in [0.15, 0.2) is 22.7 Å². The van der Waals surface area contributed by atoms with Crippen LogP contribution in [0.1, 0.15) is 23.2 Å². The smallest absolute Gasteiger partial charge is 0.253 e. The molecule has 1 heterocycles. The summed E-state index contributed by atoms with van der Waals surface area (Å²) in [5.74, 6) is 0.163. The fraction of sp³-hybridized carbons (Fsp3) is 0.462. The van der Waals surface area contributed by atoms with E-state index < -0.39 is 0 Å². The zero-order chi connectivity index (χ0) is 13.1. The summed E-state index contributed by atoms with van der Waals surface area (Å²) in [7, 11) is 0. The highest BCUT2D eigenvalue weighted by Gasteiger charge is 2.24. The number of rotatable bonds is 2. The molecule has 98 valence electrons. The molecular formula is C13H14Br2FNO. The maximum atomic E-state index is 13.1.